The van der Waals surface area contributed by atoms with Gasteiger partial charge in [0, 0.05) is 35.4 Å². The molecule has 4 rings (SSSR count). The second-order valence-corrected chi connectivity index (χ2v) is 7.18. The van der Waals surface area contributed by atoms with Crippen LogP contribution >= 0.6 is 0 Å². The Morgan fingerprint density at radius 2 is 1.88 bits per heavy atom. The first-order valence-electron chi connectivity index (χ1n) is 8.68. The molecule has 0 aliphatic carbocycles. The van der Waals surface area contributed by atoms with E-state index in [0.29, 0.717) is 0 Å². The Balaban J connectivity index is 1.89. The third kappa shape index (κ3) is 2.78. The third-order valence-electron chi connectivity index (χ3n) is 5.07. The predicted molar refractivity (Wildman–Crippen MR) is 99.3 cm³/mol. The van der Waals surface area contributed by atoms with E-state index in [2.05, 4.69) is 18.8 Å². The van der Waals surface area contributed by atoms with Crippen LogP contribution in [-0.4, -0.2) is 32.9 Å². The molecule has 1 aromatic carbocycles. The van der Waals surface area contributed by atoms with E-state index >= 15 is 0 Å². The average Bonchev–Trinajstić information content (AvgIpc) is 3.00. The van der Waals surface area contributed by atoms with E-state index in [0.717, 1.165) is 47.1 Å². The second-order valence-electron chi connectivity index (χ2n) is 7.18. The molecule has 1 aliphatic rings. The maximum Gasteiger partial charge on any atom is 0.255 e. The molecule has 0 bridgehead atoms. The van der Waals surface area contributed by atoms with Crippen molar-refractivity contribution in [2.24, 2.45) is 0 Å². The maximum absolute atomic E-state index is 13.3. The molecule has 0 atom stereocenters. The number of fused-ring (bicyclic) bond motifs is 1. The van der Waals surface area contributed by atoms with E-state index in [9.17, 15) is 4.79 Å². The Kier molecular flexibility index (Phi) is 3.75. The van der Waals surface area contributed by atoms with Gasteiger partial charge in [-0.15, -0.1) is 0 Å². The predicted octanol–water partition coefficient (Wildman–Crippen LogP) is 4.31. The number of amides is 1. The number of rotatable bonds is 2. The number of carbonyl (C=O) groups is 1. The van der Waals surface area contributed by atoms with Crippen molar-refractivity contribution in [3.63, 3.8) is 0 Å². The Bertz CT molecular complexity index is 934. The number of hydrogen-bond acceptors (Lipinski definition) is 3. The summed E-state index contributed by atoms with van der Waals surface area (Å²) in [6.07, 6.45) is 5.59. The third-order valence-corrected chi connectivity index (χ3v) is 5.07. The molecule has 1 aliphatic heterocycles. The lowest BCUT2D eigenvalue weighted by molar-refractivity contribution is 0.0654. The van der Waals surface area contributed by atoms with Gasteiger partial charge in [0.05, 0.1) is 16.8 Å². The van der Waals surface area contributed by atoms with Gasteiger partial charge in [0.15, 0.2) is 0 Å². The van der Waals surface area contributed by atoms with Gasteiger partial charge in [0.2, 0.25) is 0 Å². The Morgan fingerprint density at radius 1 is 1.12 bits per heavy atom. The van der Waals surface area contributed by atoms with Gasteiger partial charge in [0.1, 0.15) is 0 Å². The summed E-state index contributed by atoms with van der Waals surface area (Å²) in [7, 11) is 0. The number of pyridine rings is 2. The number of hydrogen-bond donors (Lipinski definition) is 0. The van der Waals surface area contributed by atoms with Crippen molar-refractivity contribution in [1.82, 2.24) is 14.9 Å². The molecular weight excluding hydrogens is 310 g/mol. The molecule has 0 unspecified atom stereocenters. The number of para-hydroxylation sites is 1. The van der Waals surface area contributed by atoms with Crippen molar-refractivity contribution in [3.05, 3.63) is 60.4 Å². The molecule has 126 valence electrons. The van der Waals surface area contributed by atoms with Crippen LogP contribution in [0.5, 0.6) is 0 Å². The highest BCUT2D eigenvalue weighted by Crippen LogP contribution is 2.32. The minimum Gasteiger partial charge on any atom is -0.334 e. The van der Waals surface area contributed by atoms with E-state index in [1.165, 1.54) is 0 Å². The van der Waals surface area contributed by atoms with Gasteiger partial charge in [-0.25, -0.2) is 4.98 Å². The molecule has 0 saturated carbocycles. The highest BCUT2D eigenvalue weighted by molar-refractivity contribution is 6.07. The fourth-order valence-electron chi connectivity index (χ4n) is 3.65. The van der Waals surface area contributed by atoms with Gasteiger partial charge in [-0.2, -0.15) is 0 Å². The van der Waals surface area contributed by atoms with E-state index in [4.69, 9.17) is 4.98 Å². The highest BCUT2D eigenvalue weighted by atomic mass is 16.2. The van der Waals surface area contributed by atoms with Gasteiger partial charge in [-0.05, 0) is 51.0 Å². The van der Waals surface area contributed by atoms with Crippen LogP contribution in [0.3, 0.4) is 0 Å². The largest absolute Gasteiger partial charge is 0.334 e. The molecule has 3 heterocycles. The van der Waals surface area contributed by atoms with E-state index < -0.39 is 0 Å². The second kappa shape index (κ2) is 5.96. The molecule has 1 saturated heterocycles. The number of likely N-dealkylation sites (tertiary alicyclic amines) is 1. The standard InChI is InChI=1S/C21H21N3O/c1-21(2)10-5-13-24(21)20(25)17-14-19(15-8-11-22-12-9-15)23-18-7-4-3-6-16(17)18/h3-4,6-9,11-12,14H,5,10,13H2,1-2H3. The number of carbonyl (C=O) groups excluding carboxylic acids is 1. The van der Waals surface area contributed by atoms with Crippen LogP contribution in [0.15, 0.2) is 54.9 Å². The van der Waals surface area contributed by atoms with Crippen LogP contribution in [0, 0.1) is 0 Å². The Labute approximate surface area is 147 Å². The molecule has 2 aromatic heterocycles. The lowest BCUT2D eigenvalue weighted by Crippen LogP contribution is -2.42. The van der Waals surface area contributed by atoms with Crippen molar-refractivity contribution in [1.29, 1.82) is 0 Å². The number of aromatic nitrogens is 2. The molecule has 0 radical (unpaired) electrons. The quantitative estimate of drug-likeness (QED) is 0.703. The first-order chi connectivity index (χ1) is 12.1. The molecular formula is C21H21N3O. The van der Waals surface area contributed by atoms with Gasteiger partial charge >= 0.3 is 0 Å². The Morgan fingerprint density at radius 3 is 2.60 bits per heavy atom. The van der Waals surface area contributed by atoms with E-state index in [1.807, 2.05) is 47.4 Å². The zero-order chi connectivity index (χ0) is 17.4. The first kappa shape index (κ1) is 15.8. The van der Waals surface area contributed by atoms with Gasteiger partial charge in [-0.1, -0.05) is 18.2 Å². The number of benzene rings is 1. The van der Waals surface area contributed by atoms with Crippen molar-refractivity contribution >= 4 is 16.8 Å². The maximum atomic E-state index is 13.3. The minimum atomic E-state index is -0.0989. The average molecular weight is 331 g/mol. The summed E-state index contributed by atoms with van der Waals surface area (Å²) in [6.45, 7) is 5.10. The summed E-state index contributed by atoms with van der Waals surface area (Å²) in [5, 5.41) is 0.910. The molecule has 0 N–H and O–H groups in total. The van der Waals surface area contributed by atoms with Gasteiger partial charge in [0.25, 0.3) is 5.91 Å². The smallest absolute Gasteiger partial charge is 0.255 e. The summed E-state index contributed by atoms with van der Waals surface area (Å²) >= 11 is 0. The summed E-state index contributed by atoms with van der Waals surface area (Å²) in [5.41, 5.74) is 3.25. The van der Waals surface area contributed by atoms with Crippen LogP contribution in [0.2, 0.25) is 0 Å². The first-order valence-corrected chi connectivity index (χ1v) is 8.68. The lowest BCUT2D eigenvalue weighted by Gasteiger charge is -2.32. The summed E-state index contributed by atoms with van der Waals surface area (Å²) in [6, 6.07) is 13.6. The van der Waals surface area contributed by atoms with Crippen LogP contribution in [0.25, 0.3) is 22.2 Å². The van der Waals surface area contributed by atoms with Crippen molar-refractivity contribution < 1.29 is 4.79 Å². The number of nitrogens with zero attached hydrogens (tertiary/aromatic N) is 3. The molecule has 0 spiro atoms. The van der Waals surface area contributed by atoms with Crippen LogP contribution in [0.4, 0.5) is 0 Å². The van der Waals surface area contributed by atoms with Crippen molar-refractivity contribution in [3.8, 4) is 11.3 Å². The molecule has 1 fully saturated rings. The fourth-order valence-corrected chi connectivity index (χ4v) is 3.65. The topological polar surface area (TPSA) is 46.1 Å². The minimum absolute atomic E-state index is 0.0939. The molecule has 4 nitrogen and oxygen atoms in total. The normalized spacial score (nSPS) is 16.3. The van der Waals surface area contributed by atoms with Gasteiger partial charge in [-0.3, -0.25) is 9.78 Å². The summed E-state index contributed by atoms with van der Waals surface area (Å²) in [4.78, 5) is 24.2. The SMILES string of the molecule is CC1(C)CCCN1C(=O)c1cc(-c2ccncc2)nc2ccccc12. The lowest BCUT2D eigenvalue weighted by atomic mass is 9.99. The van der Waals surface area contributed by atoms with Gasteiger partial charge < -0.3 is 4.90 Å². The van der Waals surface area contributed by atoms with Crippen LogP contribution in [-0.2, 0) is 0 Å². The summed E-state index contributed by atoms with van der Waals surface area (Å²) < 4.78 is 0. The summed E-state index contributed by atoms with van der Waals surface area (Å²) in [5.74, 6) is 0.0939. The molecule has 1 amide bonds. The molecule has 25 heavy (non-hydrogen) atoms. The Hall–Kier alpha value is -2.75. The molecule has 4 heteroatoms. The van der Waals surface area contributed by atoms with E-state index in [-0.39, 0.29) is 11.4 Å². The van der Waals surface area contributed by atoms with Crippen LogP contribution < -0.4 is 0 Å². The zero-order valence-corrected chi connectivity index (χ0v) is 14.6. The van der Waals surface area contributed by atoms with Crippen molar-refractivity contribution in [2.75, 3.05) is 6.54 Å². The zero-order valence-electron chi connectivity index (χ0n) is 14.6. The van der Waals surface area contributed by atoms with E-state index in [1.54, 1.807) is 12.4 Å². The van der Waals surface area contributed by atoms with Crippen molar-refractivity contribution in [2.45, 2.75) is 32.2 Å². The van der Waals surface area contributed by atoms with Crippen LogP contribution in [0.1, 0.15) is 37.0 Å². The highest BCUT2D eigenvalue weighted by Gasteiger charge is 2.36. The monoisotopic (exact) mass is 331 g/mol. The molecule has 3 aromatic rings. The fraction of sp³-hybridized carbons (Fsp3) is 0.286.